The Labute approximate surface area is 135 Å². The zero-order valence-corrected chi connectivity index (χ0v) is 13.2. The van der Waals surface area contributed by atoms with Crippen LogP contribution < -0.4 is 5.56 Å². The number of nitrogens with one attached hydrogen (secondary N) is 1. The number of hydrogen-bond donors (Lipinski definition) is 1. The number of nitrogens with zero attached hydrogens (tertiary/aromatic N) is 1. The van der Waals surface area contributed by atoms with Crippen LogP contribution in [0.1, 0.15) is 35.0 Å². The molecule has 0 fully saturated rings. The standard InChI is InChI=1S/C19H20N2O2/c1-2-17-16(8-9-18(22)20-17)19(23)21-12-10-15(11-13-21)14-6-4-3-5-7-14/h3-10H,2,11-13H2,1H3,(H,20,22). The first-order chi connectivity index (χ1) is 11.2. The first-order valence-electron chi connectivity index (χ1n) is 7.95. The fraction of sp³-hybridized carbons (Fsp3) is 0.263. The van der Waals surface area contributed by atoms with Crippen molar-refractivity contribution < 1.29 is 4.79 Å². The number of benzene rings is 1. The molecule has 1 aliphatic heterocycles. The summed E-state index contributed by atoms with van der Waals surface area (Å²) in [6.45, 7) is 3.23. The highest BCUT2D eigenvalue weighted by atomic mass is 16.2. The lowest BCUT2D eigenvalue weighted by Gasteiger charge is -2.27. The van der Waals surface area contributed by atoms with Crippen LogP contribution in [0, 0.1) is 0 Å². The molecule has 0 atom stereocenters. The van der Waals surface area contributed by atoms with Crippen LogP contribution in [0.25, 0.3) is 5.57 Å². The van der Waals surface area contributed by atoms with Crippen LogP contribution in [-0.4, -0.2) is 28.9 Å². The highest BCUT2D eigenvalue weighted by molar-refractivity contribution is 5.95. The van der Waals surface area contributed by atoms with Crippen LogP contribution in [-0.2, 0) is 6.42 Å². The third-order valence-electron chi connectivity index (χ3n) is 4.23. The van der Waals surface area contributed by atoms with E-state index in [1.54, 1.807) is 6.07 Å². The van der Waals surface area contributed by atoms with E-state index in [9.17, 15) is 9.59 Å². The summed E-state index contributed by atoms with van der Waals surface area (Å²) in [4.78, 5) is 28.7. The van der Waals surface area contributed by atoms with Crippen LogP contribution in [0.5, 0.6) is 0 Å². The smallest absolute Gasteiger partial charge is 0.255 e. The molecule has 1 amide bonds. The Balaban J connectivity index is 1.78. The lowest BCUT2D eigenvalue weighted by Crippen LogP contribution is -2.35. The zero-order valence-electron chi connectivity index (χ0n) is 13.2. The number of aryl methyl sites for hydroxylation is 1. The van der Waals surface area contributed by atoms with Crippen molar-refractivity contribution >= 4 is 11.5 Å². The van der Waals surface area contributed by atoms with Crippen molar-refractivity contribution in [3.05, 3.63) is 75.7 Å². The minimum absolute atomic E-state index is 0.0125. The molecule has 0 spiro atoms. The van der Waals surface area contributed by atoms with Crippen molar-refractivity contribution in [1.82, 2.24) is 9.88 Å². The second-order valence-electron chi connectivity index (χ2n) is 5.66. The first-order valence-corrected chi connectivity index (χ1v) is 7.95. The molecule has 23 heavy (non-hydrogen) atoms. The lowest BCUT2D eigenvalue weighted by atomic mass is 9.99. The highest BCUT2D eigenvalue weighted by Gasteiger charge is 2.21. The predicted molar refractivity (Wildman–Crippen MR) is 91.4 cm³/mol. The van der Waals surface area contributed by atoms with Gasteiger partial charge in [0, 0.05) is 24.8 Å². The van der Waals surface area contributed by atoms with Gasteiger partial charge in [0.1, 0.15) is 0 Å². The molecule has 1 N–H and O–H groups in total. The maximum atomic E-state index is 12.7. The number of carbonyl (C=O) groups excluding carboxylic acids is 1. The molecule has 0 bridgehead atoms. The van der Waals surface area contributed by atoms with Gasteiger partial charge in [-0.05, 0) is 30.0 Å². The molecule has 1 aromatic heterocycles. The van der Waals surface area contributed by atoms with Gasteiger partial charge in [0.25, 0.3) is 5.91 Å². The summed E-state index contributed by atoms with van der Waals surface area (Å²) in [6, 6.07) is 13.3. The minimum atomic E-state index is -0.164. The minimum Gasteiger partial charge on any atom is -0.335 e. The molecule has 4 heteroatoms. The summed E-state index contributed by atoms with van der Waals surface area (Å²) in [5.41, 5.74) is 3.65. The number of hydrogen-bond acceptors (Lipinski definition) is 2. The van der Waals surface area contributed by atoms with Gasteiger partial charge >= 0.3 is 0 Å². The Bertz CT molecular complexity index is 791. The van der Waals surface area contributed by atoms with Crippen molar-refractivity contribution in [2.75, 3.05) is 13.1 Å². The highest BCUT2D eigenvalue weighted by Crippen LogP contribution is 2.23. The summed E-state index contributed by atoms with van der Waals surface area (Å²) in [7, 11) is 0. The Hall–Kier alpha value is -2.62. The summed E-state index contributed by atoms with van der Waals surface area (Å²) in [5.74, 6) is -0.0125. The van der Waals surface area contributed by atoms with E-state index in [1.165, 1.54) is 17.2 Å². The number of amides is 1. The molecule has 1 aromatic carbocycles. The van der Waals surface area contributed by atoms with E-state index in [0.717, 1.165) is 6.42 Å². The van der Waals surface area contributed by atoms with Crippen LogP contribution in [0.2, 0.25) is 0 Å². The number of aromatic nitrogens is 1. The molecule has 2 heterocycles. The van der Waals surface area contributed by atoms with Crippen molar-refractivity contribution in [2.24, 2.45) is 0 Å². The molecule has 4 nitrogen and oxygen atoms in total. The normalized spacial score (nSPS) is 14.5. The molecule has 0 saturated carbocycles. The lowest BCUT2D eigenvalue weighted by molar-refractivity contribution is 0.0771. The van der Waals surface area contributed by atoms with Crippen LogP contribution in [0.15, 0.2) is 53.3 Å². The van der Waals surface area contributed by atoms with Gasteiger partial charge in [-0.25, -0.2) is 0 Å². The second kappa shape index (κ2) is 6.65. The molecular formula is C19H20N2O2. The van der Waals surface area contributed by atoms with E-state index in [4.69, 9.17) is 0 Å². The van der Waals surface area contributed by atoms with Crippen molar-refractivity contribution in [3.8, 4) is 0 Å². The third kappa shape index (κ3) is 3.26. The fourth-order valence-corrected chi connectivity index (χ4v) is 2.93. The molecule has 0 radical (unpaired) electrons. The Morgan fingerprint density at radius 2 is 1.96 bits per heavy atom. The molecule has 0 aliphatic carbocycles. The molecule has 0 saturated heterocycles. The Morgan fingerprint density at radius 3 is 2.61 bits per heavy atom. The maximum absolute atomic E-state index is 12.7. The van der Waals surface area contributed by atoms with Gasteiger partial charge in [-0.3, -0.25) is 9.59 Å². The first kappa shape index (κ1) is 15.3. The Kier molecular flexibility index (Phi) is 4.42. The molecule has 1 aliphatic rings. The van der Waals surface area contributed by atoms with E-state index in [-0.39, 0.29) is 11.5 Å². The predicted octanol–water partition coefficient (Wildman–Crippen LogP) is 2.87. The monoisotopic (exact) mass is 308 g/mol. The molecule has 3 rings (SSSR count). The van der Waals surface area contributed by atoms with E-state index < -0.39 is 0 Å². The summed E-state index contributed by atoms with van der Waals surface area (Å²) in [5, 5.41) is 0. The summed E-state index contributed by atoms with van der Waals surface area (Å²) < 4.78 is 0. The average Bonchev–Trinajstić information content (AvgIpc) is 2.62. The van der Waals surface area contributed by atoms with Gasteiger partial charge in [0.05, 0.1) is 5.56 Å². The van der Waals surface area contributed by atoms with E-state index in [1.807, 2.05) is 30.0 Å². The molecule has 118 valence electrons. The molecule has 0 unspecified atom stereocenters. The van der Waals surface area contributed by atoms with E-state index in [0.29, 0.717) is 30.8 Å². The number of pyridine rings is 1. The van der Waals surface area contributed by atoms with Gasteiger partial charge in [0.15, 0.2) is 0 Å². The largest absolute Gasteiger partial charge is 0.335 e. The number of aromatic amines is 1. The third-order valence-corrected chi connectivity index (χ3v) is 4.23. The van der Waals surface area contributed by atoms with Crippen LogP contribution in [0.3, 0.4) is 0 Å². The molecule has 2 aromatic rings. The van der Waals surface area contributed by atoms with Crippen LogP contribution >= 0.6 is 0 Å². The van der Waals surface area contributed by atoms with E-state index >= 15 is 0 Å². The second-order valence-corrected chi connectivity index (χ2v) is 5.66. The SMILES string of the molecule is CCc1[nH]c(=O)ccc1C(=O)N1CC=C(c2ccccc2)CC1. The van der Waals surface area contributed by atoms with Crippen molar-refractivity contribution in [3.63, 3.8) is 0 Å². The van der Waals surface area contributed by atoms with Gasteiger partial charge in [-0.2, -0.15) is 0 Å². The fourth-order valence-electron chi connectivity index (χ4n) is 2.93. The van der Waals surface area contributed by atoms with Gasteiger partial charge < -0.3 is 9.88 Å². The van der Waals surface area contributed by atoms with Crippen molar-refractivity contribution in [1.29, 1.82) is 0 Å². The number of carbonyl (C=O) groups is 1. The van der Waals surface area contributed by atoms with E-state index in [2.05, 4.69) is 23.2 Å². The maximum Gasteiger partial charge on any atom is 0.255 e. The van der Waals surface area contributed by atoms with Gasteiger partial charge in [-0.15, -0.1) is 0 Å². The number of H-pyrrole nitrogens is 1. The van der Waals surface area contributed by atoms with Gasteiger partial charge in [0.2, 0.25) is 5.56 Å². The van der Waals surface area contributed by atoms with Gasteiger partial charge in [-0.1, -0.05) is 43.3 Å². The quantitative estimate of drug-likeness (QED) is 0.948. The summed E-state index contributed by atoms with van der Waals surface area (Å²) >= 11 is 0. The number of rotatable bonds is 3. The average molecular weight is 308 g/mol. The molecular weight excluding hydrogens is 288 g/mol. The van der Waals surface area contributed by atoms with Crippen LogP contribution in [0.4, 0.5) is 0 Å². The van der Waals surface area contributed by atoms with Crippen molar-refractivity contribution in [2.45, 2.75) is 19.8 Å². The summed E-state index contributed by atoms with van der Waals surface area (Å²) in [6.07, 6.45) is 3.60. The topological polar surface area (TPSA) is 53.2 Å². The Morgan fingerprint density at radius 1 is 1.17 bits per heavy atom. The zero-order chi connectivity index (χ0) is 16.2.